The lowest BCUT2D eigenvalue weighted by atomic mass is 9.81. The van der Waals surface area contributed by atoms with Crippen LogP contribution in [0.3, 0.4) is 0 Å². The highest BCUT2D eigenvalue weighted by molar-refractivity contribution is 5.15. The number of hydrogen-bond acceptors (Lipinski definition) is 2. The molecule has 1 aromatic rings. The third kappa shape index (κ3) is 3.67. The van der Waals surface area contributed by atoms with Gasteiger partial charge in [0, 0.05) is 18.6 Å². The standard InChI is InChI=1S/C19H32N2/c1-4-19(5-2)13-14-21(16-19)18(3,15-20)12-11-17-9-7-6-8-10-17/h6-10H,4-5,11-16,20H2,1-3H3. The first kappa shape index (κ1) is 16.5. The Morgan fingerprint density at radius 1 is 1.19 bits per heavy atom. The van der Waals surface area contributed by atoms with Gasteiger partial charge in [-0.25, -0.2) is 0 Å². The van der Waals surface area contributed by atoms with Crippen LogP contribution in [-0.4, -0.2) is 30.1 Å². The van der Waals surface area contributed by atoms with Gasteiger partial charge in [-0.2, -0.15) is 0 Å². The van der Waals surface area contributed by atoms with Gasteiger partial charge in [-0.15, -0.1) is 0 Å². The molecule has 1 aliphatic heterocycles. The molecule has 0 amide bonds. The Balaban J connectivity index is 2.01. The smallest absolute Gasteiger partial charge is 0.0307 e. The second-order valence-electron chi connectivity index (χ2n) is 7.07. The molecule has 1 unspecified atom stereocenters. The zero-order valence-electron chi connectivity index (χ0n) is 14.1. The van der Waals surface area contributed by atoms with Gasteiger partial charge in [0.1, 0.15) is 0 Å². The predicted molar refractivity (Wildman–Crippen MR) is 91.4 cm³/mol. The quantitative estimate of drug-likeness (QED) is 0.826. The van der Waals surface area contributed by atoms with E-state index >= 15 is 0 Å². The summed E-state index contributed by atoms with van der Waals surface area (Å²) in [5.41, 5.74) is 8.28. The van der Waals surface area contributed by atoms with E-state index in [1.807, 2.05) is 0 Å². The van der Waals surface area contributed by atoms with Crippen molar-refractivity contribution in [1.82, 2.24) is 4.90 Å². The second-order valence-corrected chi connectivity index (χ2v) is 7.07. The maximum atomic E-state index is 6.18. The maximum Gasteiger partial charge on any atom is 0.0307 e. The summed E-state index contributed by atoms with van der Waals surface area (Å²) >= 11 is 0. The largest absolute Gasteiger partial charge is 0.329 e. The van der Waals surface area contributed by atoms with Gasteiger partial charge >= 0.3 is 0 Å². The number of rotatable bonds is 7. The summed E-state index contributed by atoms with van der Waals surface area (Å²) in [7, 11) is 0. The molecular weight excluding hydrogens is 256 g/mol. The number of nitrogens with two attached hydrogens (primary N) is 1. The summed E-state index contributed by atoms with van der Waals surface area (Å²) in [6.07, 6.45) is 6.19. The van der Waals surface area contributed by atoms with Crippen molar-refractivity contribution in [3.05, 3.63) is 35.9 Å². The highest BCUT2D eigenvalue weighted by atomic mass is 15.2. The maximum absolute atomic E-state index is 6.18. The summed E-state index contributed by atoms with van der Waals surface area (Å²) in [5, 5.41) is 0. The zero-order chi connectivity index (χ0) is 15.3. The van der Waals surface area contributed by atoms with Crippen LogP contribution in [0.15, 0.2) is 30.3 Å². The minimum Gasteiger partial charge on any atom is -0.329 e. The van der Waals surface area contributed by atoms with Crippen LogP contribution in [0.1, 0.15) is 52.0 Å². The number of hydrogen-bond donors (Lipinski definition) is 1. The van der Waals surface area contributed by atoms with Crippen molar-refractivity contribution in [2.45, 2.75) is 58.4 Å². The van der Waals surface area contributed by atoms with Crippen LogP contribution in [0, 0.1) is 5.41 Å². The molecule has 0 radical (unpaired) electrons. The third-order valence-corrected chi connectivity index (χ3v) is 5.94. The SMILES string of the molecule is CCC1(CC)CCN(C(C)(CN)CCc2ccccc2)C1. The summed E-state index contributed by atoms with van der Waals surface area (Å²) in [4.78, 5) is 2.67. The van der Waals surface area contributed by atoms with Crippen LogP contribution in [-0.2, 0) is 6.42 Å². The van der Waals surface area contributed by atoms with E-state index in [9.17, 15) is 0 Å². The fourth-order valence-electron chi connectivity index (χ4n) is 3.67. The fourth-order valence-corrected chi connectivity index (χ4v) is 3.67. The number of nitrogens with zero attached hydrogens (tertiary/aromatic N) is 1. The molecule has 1 heterocycles. The molecule has 0 aliphatic carbocycles. The predicted octanol–water partition coefficient (Wildman–Crippen LogP) is 3.85. The van der Waals surface area contributed by atoms with Gasteiger partial charge in [0.15, 0.2) is 0 Å². The molecule has 1 aliphatic rings. The molecule has 0 saturated carbocycles. The van der Waals surface area contributed by atoms with E-state index < -0.39 is 0 Å². The van der Waals surface area contributed by atoms with Gasteiger partial charge < -0.3 is 5.73 Å². The van der Waals surface area contributed by atoms with Gasteiger partial charge in [-0.05, 0) is 56.6 Å². The Hall–Kier alpha value is -0.860. The Kier molecular flexibility index (Phi) is 5.45. The lowest BCUT2D eigenvalue weighted by molar-refractivity contribution is 0.110. The summed E-state index contributed by atoms with van der Waals surface area (Å²) in [5.74, 6) is 0. The van der Waals surface area contributed by atoms with Gasteiger partial charge in [0.05, 0.1) is 0 Å². The molecule has 0 spiro atoms. The summed E-state index contributed by atoms with van der Waals surface area (Å²) < 4.78 is 0. The van der Waals surface area contributed by atoms with E-state index in [4.69, 9.17) is 5.73 Å². The van der Waals surface area contributed by atoms with Crippen molar-refractivity contribution < 1.29 is 0 Å². The van der Waals surface area contributed by atoms with E-state index in [0.717, 1.165) is 19.4 Å². The number of likely N-dealkylation sites (tertiary alicyclic amines) is 1. The Labute approximate surface area is 130 Å². The van der Waals surface area contributed by atoms with Crippen molar-refractivity contribution in [3.8, 4) is 0 Å². The zero-order valence-corrected chi connectivity index (χ0v) is 14.1. The molecule has 2 N–H and O–H groups in total. The van der Waals surface area contributed by atoms with Crippen LogP contribution in [0.5, 0.6) is 0 Å². The van der Waals surface area contributed by atoms with Crippen LogP contribution < -0.4 is 5.73 Å². The van der Waals surface area contributed by atoms with Crippen LogP contribution >= 0.6 is 0 Å². The first-order valence-corrected chi connectivity index (χ1v) is 8.56. The van der Waals surface area contributed by atoms with E-state index in [1.165, 1.54) is 37.9 Å². The molecule has 1 atom stereocenters. The lowest BCUT2D eigenvalue weighted by Gasteiger charge is -2.40. The Morgan fingerprint density at radius 2 is 1.86 bits per heavy atom. The van der Waals surface area contributed by atoms with Crippen LogP contribution in [0.2, 0.25) is 0 Å². The first-order valence-electron chi connectivity index (χ1n) is 8.56. The van der Waals surface area contributed by atoms with E-state index in [-0.39, 0.29) is 5.54 Å². The van der Waals surface area contributed by atoms with Gasteiger partial charge in [-0.3, -0.25) is 4.90 Å². The Bertz CT molecular complexity index is 424. The van der Waals surface area contributed by atoms with Crippen LogP contribution in [0.4, 0.5) is 0 Å². The molecule has 2 rings (SSSR count). The topological polar surface area (TPSA) is 29.3 Å². The highest BCUT2D eigenvalue weighted by Crippen LogP contribution is 2.40. The molecule has 0 aromatic heterocycles. The molecule has 1 aromatic carbocycles. The summed E-state index contributed by atoms with van der Waals surface area (Å²) in [6.45, 7) is 10.2. The Morgan fingerprint density at radius 3 is 2.38 bits per heavy atom. The molecule has 118 valence electrons. The van der Waals surface area contributed by atoms with Crippen LogP contribution in [0.25, 0.3) is 0 Å². The molecule has 2 nitrogen and oxygen atoms in total. The molecule has 0 bridgehead atoms. The minimum atomic E-state index is 0.141. The molecule has 21 heavy (non-hydrogen) atoms. The first-order chi connectivity index (χ1) is 10.1. The third-order valence-electron chi connectivity index (χ3n) is 5.94. The minimum absolute atomic E-state index is 0.141. The highest BCUT2D eigenvalue weighted by Gasteiger charge is 2.41. The second kappa shape index (κ2) is 6.93. The van der Waals surface area contributed by atoms with Crippen molar-refractivity contribution in [3.63, 3.8) is 0 Å². The fraction of sp³-hybridized carbons (Fsp3) is 0.684. The number of benzene rings is 1. The van der Waals surface area contributed by atoms with E-state index in [2.05, 4.69) is 56.0 Å². The van der Waals surface area contributed by atoms with Crippen molar-refractivity contribution in [2.24, 2.45) is 11.1 Å². The average Bonchev–Trinajstić information content (AvgIpc) is 2.99. The van der Waals surface area contributed by atoms with E-state index in [1.54, 1.807) is 0 Å². The molecule has 1 fully saturated rings. The van der Waals surface area contributed by atoms with E-state index in [0.29, 0.717) is 5.41 Å². The van der Waals surface area contributed by atoms with Crippen molar-refractivity contribution in [1.29, 1.82) is 0 Å². The normalized spacial score (nSPS) is 21.3. The molecular formula is C19H32N2. The van der Waals surface area contributed by atoms with Gasteiger partial charge in [0.25, 0.3) is 0 Å². The van der Waals surface area contributed by atoms with Gasteiger partial charge in [0.2, 0.25) is 0 Å². The lowest BCUT2D eigenvalue weighted by Crippen LogP contribution is -2.51. The molecule has 1 saturated heterocycles. The molecule has 2 heteroatoms. The van der Waals surface area contributed by atoms with Gasteiger partial charge in [-0.1, -0.05) is 44.2 Å². The van der Waals surface area contributed by atoms with Crippen molar-refractivity contribution >= 4 is 0 Å². The monoisotopic (exact) mass is 288 g/mol. The summed E-state index contributed by atoms with van der Waals surface area (Å²) in [6, 6.07) is 10.8. The average molecular weight is 288 g/mol. The van der Waals surface area contributed by atoms with Crippen molar-refractivity contribution in [2.75, 3.05) is 19.6 Å². The number of aryl methyl sites for hydroxylation is 1.